The highest BCUT2D eigenvalue weighted by Gasteiger charge is 2.23. The Hall–Kier alpha value is -3.77. The van der Waals surface area contributed by atoms with Crippen LogP contribution in [0.1, 0.15) is 27.3 Å². The molecule has 0 bridgehead atoms. The highest BCUT2D eigenvalue weighted by atomic mass is 35.5. The zero-order chi connectivity index (χ0) is 23.4. The van der Waals surface area contributed by atoms with Crippen LogP contribution in [0.5, 0.6) is 11.5 Å². The smallest absolute Gasteiger partial charge is 0.341 e. The van der Waals surface area contributed by atoms with E-state index in [1.165, 1.54) is 12.7 Å². The fraction of sp³-hybridized carbons (Fsp3) is 0.154. The van der Waals surface area contributed by atoms with Crippen LogP contribution >= 0.6 is 11.6 Å². The fourth-order valence-electron chi connectivity index (χ4n) is 3.83. The highest BCUT2D eigenvalue weighted by molar-refractivity contribution is 6.33. The number of imidazole rings is 1. The van der Waals surface area contributed by atoms with Crippen LogP contribution in [0.25, 0.3) is 11.1 Å². The Morgan fingerprint density at radius 3 is 2.39 bits per heavy atom. The van der Waals surface area contributed by atoms with Crippen molar-refractivity contribution in [3.63, 3.8) is 0 Å². The van der Waals surface area contributed by atoms with E-state index >= 15 is 0 Å². The van der Waals surface area contributed by atoms with Crippen molar-refractivity contribution in [1.82, 2.24) is 9.55 Å². The third-order valence-corrected chi connectivity index (χ3v) is 5.95. The van der Waals surface area contributed by atoms with E-state index in [4.69, 9.17) is 16.3 Å². The third kappa shape index (κ3) is 4.86. The van der Waals surface area contributed by atoms with Crippen molar-refractivity contribution < 1.29 is 19.7 Å². The summed E-state index contributed by atoms with van der Waals surface area (Å²) in [5, 5.41) is 20.2. The van der Waals surface area contributed by atoms with Gasteiger partial charge in [-0.25, -0.2) is 9.78 Å². The minimum atomic E-state index is -0.716. The third-order valence-electron chi connectivity index (χ3n) is 5.52. The molecule has 2 N–H and O–H groups in total. The molecule has 0 spiro atoms. The number of esters is 1. The quantitative estimate of drug-likeness (QED) is 0.367. The average Bonchev–Trinajstić information content (AvgIpc) is 3.27. The summed E-state index contributed by atoms with van der Waals surface area (Å²) < 4.78 is 6.79. The van der Waals surface area contributed by atoms with E-state index < -0.39 is 5.97 Å². The van der Waals surface area contributed by atoms with Crippen molar-refractivity contribution in [3.05, 3.63) is 101 Å². The number of hydrogen-bond acceptors (Lipinski definition) is 5. The molecule has 168 valence electrons. The summed E-state index contributed by atoms with van der Waals surface area (Å²) in [5.74, 6) is -0.595. The van der Waals surface area contributed by atoms with Crippen LogP contribution in [0.4, 0.5) is 0 Å². The molecule has 0 radical (unpaired) electrons. The predicted molar refractivity (Wildman–Crippen MR) is 127 cm³/mol. The predicted octanol–water partition coefficient (Wildman–Crippen LogP) is 5.23. The molecule has 0 aliphatic carbocycles. The molecular formula is C26H23ClN2O4. The summed E-state index contributed by atoms with van der Waals surface area (Å²) in [6.07, 6.45) is 4.34. The van der Waals surface area contributed by atoms with Gasteiger partial charge in [0.2, 0.25) is 0 Å². The molecule has 0 unspecified atom stereocenters. The van der Waals surface area contributed by atoms with E-state index in [0.717, 1.165) is 23.0 Å². The van der Waals surface area contributed by atoms with Crippen LogP contribution in [0.2, 0.25) is 5.02 Å². The minimum absolute atomic E-state index is 0.0165. The number of halogens is 1. The van der Waals surface area contributed by atoms with Crippen LogP contribution in [0.3, 0.4) is 0 Å². The first-order valence-electron chi connectivity index (χ1n) is 10.4. The van der Waals surface area contributed by atoms with Gasteiger partial charge in [-0.1, -0.05) is 66.2 Å². The molecule has 0 amide bonds. The molecule has 3 aromatic carbocycles. The van der Waals surface area contributed by atoms with Crippen molar-refractivity contribution in [1.29, 1.82) is 0 Å². The Morgan fingerprint density at radius 2 is 1.70 bits per heavy atom. The van der Waals surface area contributed by atoms with E-state index in [-0.39, 0.29) is 28.5 Å². The fourth-order valence-corrected chi connectivity index (χ4v) is 4.07. The summed E-state index contributed by atoms with van der Waals surface area (Å²) in [6.45, 7) is 0.632. The van der Waals surface area contributed by atoms with Crippen LogP contribution in [0, 0.1) is 0 Å². The van der Waals surface area contributed by atoms with Crippen LogP contribution < -0.4 is 0 Å². The molecule has 7 heteroatoms. The Bertz CT molecular complexity index is 1270. The van der Waals surface area contributed by atoms with Crippen LogP contribution in [0.15, 0.2) is 73.1 Å². The van der Waals surface area contributed by atoms with Gasteiger partial charge >= 0.3 is 5.97 Å². The Balaban J connectivity index is 1.52. The van der Waals surface area contributed by atoms with Gasteiger partial charge < -0.3 is 19.5 Å². The largest absolute Gasteiger partial charge is 0.507 e. The summed E-state index contributed by atoms with van der Waals surface area (Å²) in [7, 11) is 1.22. The zero-order valence-corrected chi connectivity index (χ0v) is 18.8. The first kappa shape index (κ1) is 22.4. The Labute approximate surface area is 196 Å². The summed E-state index contributed by atoms with van der Waals surface area (Å²) in [5.41, 5.74) is 3.72. The second-order valence-corrected chi connectivity index (χ2v) is 7.99. The van der Waals surface area contributed by atoms with Gasteiger partial charge in [-0.2, -0.15) is 0 Å². The number of aromatic nitrogens is 2. The van der Waals surface area contributed by atoms with Crippen molar-refractivity contribution in [2.45, 2.75) is 19.4 Å². The van der Waals surface area contributed by atoms with Crippen molar-refractivity contribution >= 4 is 17.6 Å². The number of benzene rings is 3. The van der Waals surface area contributed by atoms with Gasteiger partial charge in [-0.05, 0) is 28.7 Å². The molecule has 0 aliphatic rings. The topological polar surface area (TPSA) is 84.6 Å². The van der Waals surface area contributed by atoms with Gasteiger partial charge in [-0.15, -0.1) is 0 Å². The van der Waals surface area contributed by atoms with E-state index in [1.54, 1.807) is 6.20 Å². The Morgan fingerprint density at radius 1 is 1.00 bits per heavy atom. The van der Waals surface area contributed by atoms with E-state index in [1.807, 2.05) is 29.0 Å². The number of carbonyl (C=O) groups excluding carboxylic acids is 1. The molecule has 0 saturated heterocycles. The number of aromatic hydroxyl groups is 2. The number of hydrogen-bond donors (Lipinski definition) is 2. The lowest BCUT2D eigenvalue weighted by Crippen LogP contribution is -2.10. The number of phenolic OH excluding ortho intramolecular Hbond substituents is 2. The van der Waals surface area contributed by atoms with Crippen molar-refractivity contribution in [3.8, 4) is 22.6 Å². The maximum atomic E-state index is 12.2. The van der Waals surface area contributed by atoms with E-state index in [0.29, 0.717) is 18.5 Å². The zero-order valence-electron chi connectivity index (χ0n) is 18.0. The summed E-state index contributed by atoms with van der Waals surface area (Å²) in [4.78, 5) is 16.6. The first-order chi connectivity index (χ1) is 16.0. The van der Waals surface area contributed by atoms with Crippen LogP contribution in [-0.4, -0.2) is 32.8 Å². The van der Waals surface area contributed by atoms with Crippen LogP contribution in [-0.2, 0) is 24.1 Å². The molecule has 0 aliphatic heterocycles. The normalized spacial score (nSPS) is 10.8. The lowest BCUT2D eigenvalue weighted by atomic mass is 10.0. The highest BCUT2D eigenvalue weighted by Crippen LogP contribution is 2.37. The Kier molecular flexibility index (Phi) is 6.66. The van der Waals surface area contributed by atoms with E-state index in [2.05, 4.69) is 41.4 Å². The SMILES string of the molecule is COC(=O)c1c(O)cc(O)c(Cl)c1CCc1nccn1Cc1ccc(-c2ccccc2)cc1. The second kappa shape index (κ2) is 9.79. The second-order valence-electron chi connectivity index (χ2n) is 7.61. The molecular weight excluding hydrogens is 440 g/mol. The molecule has 0 fully saturated rings. The maximum absolute atomic E-state index is 12.2. The lowest BCUT2D eigenvalue weighted by molar-refractivity contribution is 0.0596. The average molecular weight is 463 g/mol. The standard InChI is InChI=1S/C26H23ClN2O4/c1-33-26(32)24-20(25(27)22(31)15-21(24)30)11-12-23-28-13-14-29(23)16-17-7-9-19(10-8-17)18-5-3-2-4-6-18/h2-10,13-15,30-31H,11-12,16H2,1H3. The molecule has 4 aromatic rings. The number of rotatable bonds is 7. The van der Waals surface area contributed by atoms with Crippen molar-refractivity contribution in [2.75, 3.05) is 7.11 Å². The molecule has 33 heavy (non-hydrogen) atoms. The van der Waals surface area contributed by atoms with Gasteiger partial charge in [0.05, 0.1) is 12.1 Å². The maximum Gasteiger partial charge on any atom is 0.341 e. The molecule has 1 heterocycles. The number of methoxy groups -OCH3 is 1. The number of carbonyl (C=O) groups is 1. The van der Waals surface area contributed by atoms with Gasteiger partial charge in [0.1, 0.15) is 22.9 Å². The summed E-state index contributed by atoms with van der Waals surface area (Å²) >= 11 is 6.25. The molecule has 4 rings (SSSR count). The van der Waals surface area contributed by atoms with Gasteiger partial charge in [0.25, 0.3) is 0 Å². The van der Waals surface area contributed by atoms with Gasteiger partial charge in [0, 0.05) is 31.4 Å². The summed E-state index contributed by atoms with van der Waals surface area (Å²) in [6, 6.07) is 19.6. The van der Waals surface area contributed by atoms with E-state index in [9.17, 15) is 15.0 Å². The number of nitrogens with zero attached hydrogens (tertiary/aromatic N) is 2. The van der Waals surface area contributed by atoms with Crippen molar-refractivity contribution in [2.24, 2.45) is 0 Å². The first-order valence-corrected chi connectivity index (χ1v) is 10.8. The number of aryl methyl sites for hydroxylation is 1. The minimum Gasteiger partial charge on any atom is -0.507 e. The molecule has 0 saturated carbocycles. The molecule has 1 aromatic heterocycles. The number of ether oxygens (including phenoxy) is 1. The molecule has 6 nitrogen and oxygen atoms in total. The molecule has 0 atom stereocenters. The van der Waals surface area contributed by atoms with Gasteiger partial charge in [0.15, 0.2) is 0 Å². The lowest BCUT2D eigenvalue weighted by Gasteiger charge is -2.14. The number of phenols is 2. The van der Waals surface area contributed by atoms with Gasteiger partial charge in [-0.3, -0.25) is 0 Å². The monoisotopic (exact) mass is 462 g/mol.